The van der Waals surface area contributed by atoms with Crippen LogP contribution in [-0.4, -0.2) is 26.2 Å². The molecule has 1 atom stereocenters. The SMILES string of the molecule is CCC(CCO)NS(=O)(=O)c1cc(N)c(F)cc1F. The molecule has 0 aromatic heterocycles. The lowest BCUT2D eigenvalue weighted by molar-refractivity contribution is 0.270. The van der Waals surface area contributed by atoms with Gasteiger partial charge in [0.25, 0.3) is 0 Å². The molecule has 0 amide bonds. The van der Waals surface area contributed by atoms with Gasteiger partial charge in [-0.05, 0) is 18.9 Å². The molecule has 8 heteroatoms. The monoisotopic (exact) mass is 294 g/mol. The Hall–Kier alpha value is -1.25. The summed E-state index contributed by atoms with van der Waals surface area (Å²) >= 11 is 0. The second-order valence-electron chi connectivity index (χ2n) is 4.04. The molecule has 0 aliphatic carbocycles. The fourth-order valence-electron chi connectivity index (χ4n) is 1.54. The first-order chi connectivity index (χ1) is 8.81. The van der Waals surface area contributed by atoms with Crippen molar-refractivity contribution in [2.45, 2.75) is 30.7 Å². The molecular formula is C11H16F2N2O3S. The van der Waals surface area contributed by atoms with E-state index >= 15 is 0 Å². The molecule has 108 valence electrons. The van der Waals surface area contributed by atoms with Gasteiger partial charge in [-0.1, -0.05) is 6.92 Å². The first-order valence-corrected chi connectivity index (χ1v) is 7.17. The highest BCUT2D eigenvalue weighted by molar-refractivity contribution is 7.89. The number of hydrogen-bond donors (Lipinski definition) is 3. The average Bonchev–Trinajstić information content (AvgIpc) is 2.32. The summed E-state index contributed by atoms with van der Waals surface area (Å²) in [4.78, 5) is -0.706. The molecule has 0 radical (unpaired) electrons. The molecule has 1 aromatic rings. The molecule has 1 aromatic carbocycles. The highest BCUT2D eigenvalue weighted by Gasteiger charge is 2.23. The number of nitrogens with two attached hydrogens (primary N) is 1. The van der Waals surface area contributed by atoms with E-state index in [9.17, 15) is 17.2 Å². The quantitative estimate of drug-likeness (QED) is 0.682. The van der Waals surface area contributed by atoms with Gasteiger partial charge in [-0.3, -0.25) is 0 Å². The van der Waals surface area contributed by atoms with E-state index in [1.54, 1.807) is 6.92 Å². The molecular weight excluding hydrogens is 278 g/mol. The maximum absolute atomic E-state index is 13.5. The summed E-state index contributed by atoms with van der Waals surface area (Å²) in [5, 5.41) is 8.79. The van der Waals surface area contributed by atoms with E-state index in [4.69, 9.17) is 10.8 Å². The van der Waals surface area contributed by atoms with Crippen LogP contribution in [0.3, 0.4) is 0 Å². The van der Waals surface area contributed by atoms with E-state index < -0.39 is 38.3 Å². The van der Waals surface area contributed by atoms with E-state index in [0.717, 1.165) is 6.07 Å². The van der Waals surface area contributed by atoms with Crippen LogP contribution < -0.4 is 10.5 Å². The Labute approximate surface area is 110 Å². The van der Waals surface area contributed by atoms with Crippen LogP contribution >= 0.6 is 0 Å². The second-order valence-corrected chi connectivity index (χ2v) is 5.73. The van der Waals surface area contributed by atoms with Crippen molar-refractivity contribution < 1.29 is 22.3 Å². The van der Waals surface area contributed by atoms with E-state index in [-0.39, 0.29) is 13.0 Å². The van der Waals surface area contributed by atoms with Gasteiger partial charge in [0.2, 0.25) is 10.0 Å². The Morgan fingerprint density at radius 1 is 1.37 bits per heavy atom. The number of benzene rings is 1. The first-order valence-electron chi connectivity index (χ1n) is 5.69. The van der Waals surface area contributed by atoms with Crippen LogP contribution in [0.1, 0.15) is 19.8 Å². The summed E-state index contributed by atoms with van der Waals surface area (Å²) in [7, 11) is -4.15. The van der Waals surface area contributed by atoms with Crippen molar-refractivity contribution in [1.29, 1.82) is 0 Å². The fraction of sp³-hybridized carbons (Fsp3) is 0.455. The molecule has 0 heterocycles. The summed E-state index contributed by atoms with van der Waals surface area (Å²) in [5.74, 6) is -2.23. The molecule has 0 bridgehead atoms. The third-order valence-electron chi connectivity index (χ3n) is 2.63. The largest absolute Gasteiger partial charge is 0.396 e. The van der Waals surface area contributed by atoms with Crippen LogP contribution in [0.2, 0.25) is 0 Å². The summed E-state index contributed by atoms with van der Waals surface area (Å²) in [6, 6.07) is 0.635. The molecule has 5 nitrogen and oxygen atoms in total. The maximum Gasteiger partial charge on any atom is 0.243 e. The number of aliphatic hydroxyl groups excluding tert-OH is 1. The van der Waals surface area contributed by atoms with Gasteiger partial charge in [-0.25, -0.2) is 21.9 Å². The van der Waals surface area contributed by atoms with Crippen LogP contribution in [0.4, 0.5) is 14.5 Å². The minimum atomic E-state index is -4.15. The molecule has 1 rings (SSSR count). The van der Waals surface area contributed by atoms with Crippen LogP contribution in [0, 0.1) is 11.6 Å². The van der Waals surface area contributed by atoms with Crippen molar-refractivity contribution in [2.24, 2.45) is 0 Å². The Kier molecular flexibility index (Phi) is 5.21. The van der Waals surface area contributed by atoms with Gasteiger partial charge in [0.05, 0.1) is 5.69 Å². The molecule has 0 saturated carbocycles. The zero-order chi connectivity index (χ0) is 14.6. The van der Waals surface area contributed by atoms with E-state index in [2.05, 4.69) is 4.72 Å². The predicted molar refractivity (Wildman–Crippen MR) is 66.9 cm³/mol. The molecule has 0 aliphatic rings. The Bertz CT molecular complexity index is 549. The predicted octanol–water partition coefficient (Wildman–Crippen LogP) is 0.986. The lowest BCUT2D eigenvalue weighted by Crippen LogP contribution is -2.35. The van der Waals surface area contributed by atoms with Crippen molar-refractivity contribution in [3.05, 3.63) is 23.8 Å². The van der Waals surface area contributed by atoms with Gasteiger partial charge in [0.1, 0.15) is 16.5 Å². The second kappa shape index (κ2) is 6.27. The van der Waals surface area contributed by atoms with Gasteiger partial charge in [-0.2, -0.15) is 0 Å². The van der Waals surface area contributed by atoms with Crippen LogP contribution in [-0.2, 0) is 10.0 Å². The number of nitrogen functional groups attached to an aromatic ring is 1. The highest BCUT2D eigenvalue weighted by atomic mass is 32.2. The number of nitrogens with one attached hydrogen (secondary N) is 1. The number of halogens is 2. The van der Waals surface area contributed by atoms with Gasteiger partial charge in [0, 0.05) is 18.7 Å². The van der Waals surface area contributed by atoms with Crippen molar-refractivity contribution >= 4 is 15.7 Å². The zero-order valence-corrected chi connectivity index (χ0v) is 11.2. The number of rotatable bonds is 6. The third kappa shape index (κ3) is 3.85. The van der Waals surface area contributed by atoms with E-state index in [1.807, 2.05) is 0 Å². The Morgan fingerprint density at radius 2 is 2.00 bits per heavy atom. The number of anilines is 1. The highest BCUT2D eigenvalue weighted by Crippen LogP contribution is 2.21. The number of sulfonamides is 1. The van der Waals surface area contributed by atoms with Gasteiger partial charge in [0.15, 0.2) is 0 Å². The van der Waals surface area contributed by atoms with Crippen LogP contribution in [0.25, 0.3) is 0 Å². The van der Waals surface area contributed by atoms with Gasteiger partial charge >= 0.3 is 0 Å². The number of aliphatic hydroxyl groups is 1. The minimum Gasteiger partial charge on any atom is -0.396 e. The minimum absolute atomic E-state index is 0.199. The molecule has 0 spiro atoms. The molecule has 0 saturated heterocycles. The lowest BCUT2D eigenvalue weighted by Gasteiger charge is -2.16. The summed E-state index contributed by atoms with van der Waals surface area (Å²) in [5.41, 5.74) is 4.79. The van der Waals surface area contributed by atoms with E-state index in [1.165, 1.54) is 0 Å². The molecule has 1 unspecified atom stereocenters. The molecule has 0 fully saturated rings. The molecule has 0 aliphatic heterocycles. The Morgan fingerprint density at radius 3 is 2.53 bits per heavy atom. The third-order valence-corrected chi connectivity index (χ3v) is 4.17. The zero-order valence-electron chi connectivity index (χ0n) is 10.4. The number of hydrogen-bond acceptors (Lipinski definition) is 4. The van der Waals surface area contributed by atoms with Crippen molar-refractivity contribution in [3.8, 4) is 0 Å². The smallest absolute Gasteiger partial charge is 0.243 e. The average molecular weight is 294 g/mol. The molecule has 19 heavy (non-hydrogen) atoms. The van der Waals surface area contributed by atoms with Gasteiger partial charge in [-0.15, -0.1) is 0 Å². The normalized spacial score (nSPS) is 13.5. The van der Waals surface area contributed by atoms with Crippen molar-refractivity contribution in [2.75, 3.05) is 12.3 Å². The van der Waals surface area contributed by atoms with Gasteiger partial charge < -0.3 is 10.8 Å². The standard InChI is InChI=1S/C11H16F2N2O3S/c1-2-7(3-4-16)15-19(17,18)11-6-10(14)8(12)5-9(11)13/h5-7,15-16H,2-4,14H2,1H3. The van der Waals surface area contributed by atoms with Crippen LogP contribution in [0.5, 0.6) is 0 Å². The van der Waals surface area contributed by atoms with Crippen LogP contribution in [0.15, 0.2) is 17.0 Å². The van der Waals surface area contributed by atoms with E-state index in [0.29, 0.717) is 12.5 Å². The molecule has 4 N–H and O–H groups in total. The first kappa shape index (κ1) is 15.8. The van der Waals surface area contributed by atoms with Crippen molar-refractivity contribution in [1.82, 2.24) is 4.72 Å². The fourth-order valence-corrected chi connectivity index (χ4v) is 2.98. The summed E-state index contributed by atoms with van der Waals surface area (Å²) < 4.78 is 52.6. The Balaban J connectivity index is 3.10. The topological polar surface area (TPSA) is 92.4 Å². The van der Waals surface area contributed by atoms with Crippen molar-refractivity contribution in [3.63, 3.8) is 0 Å². The summed E-state index contributed by atoms with van der Waals surface area (Å²) in [6.07, 6.45) is 0.631. The summed E-state index contributed by atoms with van der Waals surface area (Å²) in [6.45, 7) is 1.52. The maximum atomic E-state index is 13.5. The lowest BCUT2D eigenvalue weighted by atomic mass is 10.2.